The molecule has 0 atom stereocenters. The fraction of sp³-hybridized carbons (Fsp3) is 0.0667. The maximum Gasteiger partial charge on any atom is 0.313 e. The summed E-state index contributed by atoms with van der Waals surface area (Å²) < 4.78 is 0. The molecule has 0 saturated heterocycles. The first-order valence-electron chi connectivity index (χ1n) is 6.24. The van der Waals surface area contributed by atoms with E-state index >= 15 is 0 Å². The van der Waals surface area contributed by atoms with Crippen molar-refractivity contribution in [1.82, 2.24) is 5.32 Å². The zero-order valence-corrected chi connectivity index (χ0v) is 13.5. The second-order valence-corrected chi connectivity index (χ2v) is 5.73. The highest BCUT2D eigenvalue weighted by molar-refractivity contribution is 6.40. The lowest BCUT2D eigenvalue weighted by atomic mass is 10.2. The summed E-state index contributed by atoms with van der Waals surface area (Å²) in [5, 5.41) is 6.27. The third kappa shape index (κ3) is 4.91. The van der Waals surface area contributed by atoms with Crippen molar-refractivity contribution >= 4 is 52.3 Å². The third-order valence-electron chi connectivity index (χ3n) is 2.69. The number of hydrogen-bond acceptors (Lipinski definition) is 2. The van der Waals surface area contributed by atoms with Crippen molar-refractivity contribution in [3.63, 3.8) is 0 Å². The van der Waals surface area contributed by atoms with E-state index in [-0.39, 0.29) is 6.54 Å². The van der Waals surface area contributed by atoms with Crippen molar-refractivity contribution < 1.29 is 9.59 Å². The first kappa shape index (κ1) is 16.6. The number of amides is 2. The molecule has 2 aromatic rings. The van der Waals surface area contributed by atoms with Crippen LogP contribution in [0.1, 0.15) is 5.56 Å². The molecule has 0 aliphatic heterocycles. The van der Waals surface area contributed by atoms with Gasteiger partial charge in [0.05, 0.1) is 0 Å². The van der Waals surface area contributed by atoms with E-state index in [0.717, 1.165) is 5.56 Å². The van der Waals surface area contributed by atoms with Gasteiger partial charge in [0.1, 0.15) is 0 Å². The van der Waals surface area contributed by atoms with Crippen LogP contribution in [-0.2, 0) is 16.1 Å². The second kappa shape index (κ2) is 7.49. The van der Waals surface area contributed by atoms with E-state index in [1.54, 1.807) is 24.3 Å². The van der Waals surface area contributed by atoms with E-state index in [4.69, 9.17) is 34.8 Å². The summed E-state index contributed by atoms with van der Waals surface area (Å²) >= 11 is 17.4. The Balaban J connectivity index is 1.91. The van der Waals surface area contributed by atoms with Gasteiger partial charge >= 0.3 is 11.8 Å². The first-order chi connectivity index (χ1) is 10.4. The van der Waals surface area contributed by atoms with Crippen molar-refractivity contribution in [2.75, 3.05) is 5.32 Å². The molecular formula is C15H11Cl3N2O2. The van der Waals surface area contributed by atoms with E-state index in [1.165, 1.54) is 18.2 Å². The summed E-state index contributed by atoms with van der Waals surface area (Å²) in [5.74, 6) is -1.56. The molecule has 2 N–H and O–H groups in total. The number of hydrogen-bond donors (Lipinski definition) is 2. The Bertz CT molecular complexity index is 682. The van der Waals surface area contributed by atoms with Crippen LogP contribution in [0.3, 0.4) is 0 Å². The lowest BCUT2D eigenvalue weighted by Gasteiger charge is -2.07. The first-order valence-corrected chi connectivity index (χ1v) is 7.37. The minimum atomic E-state index is -0.799. The van der Waals surface area contributed by atoms with Gasteiger partial charge in [0.25, 0.3) is 0 Å². The van der Waals surface area contributed by atoms with Crippen molar-refractivity contribution in [2.24, 2.45) is 0 Å². The lowest BCUT2D eigenvalue weighted by molar-refractivity contribution is -0.136. The van der Waals surface area contributed by atoms with Gasteiger partial charge in [0, 0.05) is 27.3 Å². The minimum Gasteiger partial charge on any atom is -0.344 e. The van der Waals surface area contributed by atoms with Gasteiger partial charge in [-0.1, -0.05) is 46.9 Å². The van der Waals surface area contributed by atoms with Crippen LogP contribution in [0, 0.1) is 0 Å². The van der Waals surface area contributed by atoms with Gasteiger partial charge in [-0.15, -0.1) is 0 Å². The highest BCUT2D eigenvalue weighted by Crippen LogP contribution is 2.22. The predicted octanol–water partition coefficient (Wildman–Crippen LogP) is 3.90. The van der Waals surface area contributed by atoms with Crippen LogP contribution in [0.2, 0.25) is 15.1 Å². The number of halogens is 3. The predicted molar refractivity (Wildman–Crippen MR) is 88.4 cm³/mol. The number of rotatable bonds is 3. The van der Waals surface area contributed by atoms with Gasteiger partial charge in [-0.25, -0.2) is 0 Å². The molecule has 0 spiro atoms. The molecule has 114 valence electrons. The molecule has 0 heterocycles. The highest BCUT2D eigenvalue weighted by Gasteiger charge is 2.13. The Kier molecular flexibility index (Phi) is 5.66. The normalized spacial score (nSPS) is 10.1. The van der Waals surface area contributed by atoms with Crippen molar-refractivity contribution in [3.05, 3.63) is 63.1 Å². The monoisotopic (exact) mass is 356 g/mol. The SMILES string of the molecule is O=C(NCc1ccc(Cl)cc1)C(=O)Nc1cc(Cl)cc(Cl)c1. The number of benzene rings is 2. The van der Waals surface area contributed by atoms with Crippen LogP contribution < -0.4 is 10.6 Å². The summed E-state index contributed by atoms with van der Waals surface area (Å²) in [5.41, 5.74) is 1.18. The molecule has 0 radical (unpaired) electrons. The van der Waals surface area contributed by atoms with Gasteiger partial charge in [-0.3, -0.25) is 9.59 Å². The van der Waals surface area contributed by atoms with E-state index in [9.17, 15) is 9.59 Å². The Morgan fingerprint density at radius 2 is 1.41 bits per heavy atom. The molecule has 0 fully saturated rings. The molecule has 0 unspecified atom stereocenters. The van der Waals surface area contributed by atoms with Crippen molar-refractivity contribution in [1.29, 1.82) is 0 Å². The maximum absolute atomic E-state index is 11.8. The van der Waals surface area contributed by atoms with Gasteiger partial charge < -0.3 is 10.6 Å². The summed E-state index contributed by atoms with van der Waals surface area (Å²) in [6.45, 7) is 0.222. The average Bonchev–Trinajstić information content (AvgIpc) is 2.45. The van der Waals surface area contributed by atoms with Crippen molar-refractivity contribution in [3.8, 4) is 0 Å². The number of carbonyl (C=O) groups excluding carboxylic acids is 2. The fourth-order valence-electron chi connectivity index (χ4n) is 1.68. The van der Waals surface area contributed by atoms with Gasteiger partial charge in [-0.2, -0.15) is 0 Å². The van der Waals surface area contributed by atoms with E-state index in [1.807, 2.05) is 0 Å². The second-order valence-electron chi connectivity index (χ2n) is 4.42. The highest BCUT2D eigenvalue weighted by atomic mass is 35.5. The lowest BCUT2D eigenvalue weighted by Crippen LogP contribution is -2.34. The smallest absolute Gasteiger partial charge is 0.313 e. The molecule has 0 aromatic heterocycles. The molecule has 0 bridgehead atoms. The third-order valence-corrected chi connectivity index (χ3v) is 3.38. The number of anilines is 1. The van der Waals surface area contributed by atoms with Gasteiger partial charge in [0.2, 0.25) is 0 Å². The topological polar surface area (TPSA) is 58.2 Å². The fourth-order valence-corrected chi connectivity index (χ4v) is 2.33. The molecule has 22 heavy (non-hydrogen) atoms. The van der Waals surface area contributed by atoms with Crippen LogP contribution in [0.5, 0.6) is 0 Å². The summed E-state index contributed by atoms with van der Waals surface area (Å²) in [6.07, 6.45) is 0. The standard InChI is InChI=1S/C15H11Cl3N2O2/c16-10-3-1-9(2-4-10)8-19-14(21)15(22)20-13-6-11(17)5-12(18)7-13/h1-7H,8H2,(H,19,21)(H,20,22). The van der Waals surface area contributed by atoms with Crippen LogP contribution in [0.4, 0.5) is 5.69 Å². The van der Waals surface area contributed by atoms with Gasteiger partial charge in [0.15, 0.2) is 0 Å². The molecule has 2 amide bonds. The molecule has 2 aromatic carbocycles. The van der Waals surface area contributed by atoms with Gasteiger partial charge in [-0.05, 0) is 35.9 Å². The zero-order chi connectivity index (χ0) is 16.1. The molecule has 2 rings (SSSR count). The quantitative estimate of drug-likeness (QED) is 0.819. The summed E-state index contributed by atoms with van der Waals surface area (Å²) in [4.78, 5) is 23.5. The van der Waals surface area contributed by atoms with E-state index in [0.29, 0.717) is 20.8 Å². The molecule has 0 saturated carbocycles. The molecule has 0 aliphatic carbocycles. The largest absolute Gasteiger partial charge is 0.344 e. The molecule has 7 heteroatoms. The molecule has 4 nitrogen and oxygen atoms in total. The van der Waals surface area contributed by atoms with E-state index < -0.39 is 11.8 Å². The number of nitrogens with one attached hydrogen (secondary N) is 2. The van der Waals surface area contributed by atoms with Crippen molar-refractivity contribution in [2.45, 2.75) is 6.54 Å². The van der Waals surface area contributed by atoms with Crippen LogP contribution in [0.15, 0.2) is 42.5 Å². The van der Waals surface area contributed by atoms with Crippen LogP contribution in [-0.4, -0.2) is 11.8 Å². The Hall–Kier alpha value is -1.75. The molecule has 0 aliphatic rings. The molecular weight excluding hydrogens is 347 g/mol. The van der Waals surface area contributed by atoms with E-state index in [2.05, 4.69) is 10.6 Å². The van der Waals surface area contributed by atoms with Crippen LogP contribution >= 0.6 is 34.8 Å². The zero-order valence-electron chi connectivity index (χ0n) is 11.2. The average molecular weight is 358 g/mol. The number of carbonyl (C=O) groups is 2. The Morgan fingerprint density at radius 1 is 0.818 bits per heavy atom. The van der Waals surface area contributed by atoms with Crippen LogP contribution in [0.25, 0.3) is 0 Å². The minimum absolute atomic E-state index is 0.222. The summed E-state index contributed by atoms with van der Waals surface area (Å²) in [6, 6.07) is 11.5. The Labute approximate surface area is 142 Å². The summed E-state index contributed by atoms with van der Waals surface area (Å²) in [7, 11) is 0. The maximum atomic E-state index is 11.8. The Morgan fingerprint density at radius 3 is 2.00 bits per heavy atom.